The molecule has 7 rings (SSSR count). The monoisotopic (exact) mass is 611 g/mol. The maximum absolute atomic E-state index is 12.6. The van der Waals surface area contributed by atoms with Crippen LogP contribution in [0.15, 0.2) is 84.8 Å². The first-order chi connectivity index (χ1) is 21.1. The summed E-state index contributed by atoms with van der Waals surface area (Å²) < 4.78 is 42.6. The van der Waals surface area contributed by atoms with E-state index in [0.717, 1.165) is 59.6 Å². The van der Waals surface area contributed by atoms with Gasteiger partial charge in [-0.1, -0.05) is 73.9 Å². The molecule has 0 aromatic heterocycles. The zero-order valence-corrected chi connectivity index (χ0v) is 25.8. The minimum Gasteiger partial charge on any atom is -0.493 e. The number of hydrogen-bond acceptors (Lipinski definition) is 6. The Hall–Kier alpha value is -3.98. The summed E-state index contributed by atoms with van der Waals surface area (Å²) in [6, 6.07) is 18.5. The molecule has 2 aliphatic heterocycles. The molecule has 1 saturated carbocycles. The van der Waals surface area contributed by atoms with E-state index < -0.39 is 10.1 Å². The van der Waals surface area contributed by atoms with Gasteiger partial charge in [0, 0.05) is 23.4 Å². The van der Waals surface area contributed by atoms with Crippen LogP contribution in [0.5, 0.6) is 11.5 Å². The van der Waals surface area contributed by atoms with Gasteiger partial charge in [0.1, 0.15) is 0 Å². The number of rotatable bonds is 6. The minimum atomic E-state index is -4.15. The second-order valence-corrected chi connectivity index (χ2v) is 13.4. The highest BCUT2D eigenvalue weighted by Crippen LogP contribution is 2.63. The molecule has 228 valence electrons. The number of methoxy groups -OCH3 is 1. The molecule has 4 aliphatic rings. The van der Waals surface area contributed by atoms with Crippen LogP contribution in [-0.4, -0.2) is 56.5 Å². The molecule has 1 spiro atoms. The molecular weight excluding hydrogens is 574 g/mol. The zero-order valence-electron chi connectivity index (χ0n) is 25.0. The predicted octanol–water partition coefficient (Wildman–Crippen LogP) is 6.24. The van der Waals surface area contributed by atoms with Crippen LogP contribution < -0.4 is 9.47 Å². The first kappa shape index (κ1) is 30.1. The molecule has 2 heterocycles. The molecule has 44 heavy (non-hydrogen) atoms. The van der Waals surface area contributed by atoms with Gasteiger partial charge in [-0.15, -0.1) is 0 Å². The van der Waals surface area contributed by atoms with Crippen molar-refractivity contribution in [2.75, 3.05) is 20.7 Å². The van der Waals surface area contributed by atoms with Crippen LogP contribution in [0.25, 0.3) is 17.7 Å². The number of hydrogen-bond donors (Lipinski definition) is 1. The van der Waals surface area contributed by atoms with E-state index >= 15 is 0 Å². The van der Waals surface area contributed by atoms with Crippen molar-refractivity contribution in [1.82, 2.24) is 4.90 Å². The molecule has 8 heteroatoms. The van der Waals surface area contributed by atoms with Crippen LogP contribution in [0.4, 0.5) is 0 Å². The number of likely N-dealkylation sites (tertiary alicyclic amines) is 1. The minimum absolute atomic E-state index is 0.0933. The van der Waals surface area contributed by atoms with E-state index in [9.17, 15) is 13.2 Å². The van der Waals surface area contributed by atoms with Crippen LogP contribution in [0.2, 0.25) is 0 Å². The average molecular weight is 612 g/mol. The third-order valence-electron chi connectivity index (χ3n) is 9.76. The number of allylic oxidation sites excluding steroid dienone is 2. The highest BCUT2D eigenvalue weighted by Gasteiger charge is 2.65. The number of benzene rings is 3. The van der Waals surface area contributed by atoms with Gasteiger partial charge in [0.25, 0.3) is 10.1 Å². The van der Waals surface area contributed by atoms with Crippen LogP contribution in [-0.2, 0) is 26.7 Å². The SMILES string of the molecule is C=Cc1ccc(C(=C)/C=C/c2ccc(S(=O)(=O)O)cc2)cc1.COc1ccc2c3c1O[C@H]1C(=O)CC[C@H]4[C@@H](C2)N(C)CC[C@]314. The van der Waals surface area contributed by atoms with Crippen LogP contribution in [0.3, 0.4) is 0 Å². The van der Waals surface area contributed by atoms with Crippen molar-refractivity contribution in [3.8, 4) is 11.5 Å². The van der Waals surface area contributed by atoms with E-state index in [1.807, 2.05) is 42.5 Å². The molecule has 2 bridgehead atoms. The summed E-state index contributed by atoms with van der Waals surface area (Å²) in [6.07, 6.45) is 8.93. The van der Waals surface area contributed by atoms with Crippen molar-refractivity contribution in [2.45, 2.75) is 48.1 Å². The normalized spacial score (nSPS) is 25.0. The lowest BCUT2D eigenvalue weighted by molar-refractivity contribution is -0.138. The smallest absolute Gasteiger partial charge is 0.294 e. The summed E-state index contributed by atoms with van der Waals surface area (Å²) in [4.78, 5) is 15.0. The molecular formula is C36H37NO6S. The summed E-state index contributed by atoms with van der Waals surface area (Å²) >= 11 is 0. The van der Waals surface area contributed by atoms with Crippen molar-refractivity contribution in [1.29, 1.82) is 0 Å². The molecule has 2 aliphatic carbocycles. The molecule has 7 nitrogen and oxygen atoms in total. The number of carbonyl (C=O) groups excluding carboxylic acids is 1. The molecule has 3 aromatic carbocycles. The van der Waals surface area contributed by atoms with Gasteiger partial charge in [0.05, 0.1) is 12.0 Å². The van der Waals surface area contributed by atoms with Gasteiger partial charge in [0.2, 0.25) is 0 Å². The Bertz CT molecular complexity index is 1760. The molecule has 1 saturated heterocycles. The van der Waals surface area contributed by atoms with Gasteiger partial charge >= 0.3 is 0 Å². The van der Waals surface area contributed by atoms with Crippen molar-refractivity contribution in [3.05, 3.63) is 108 Å². The van der Waals surface area contributed by atoms with Crippen LogP contribution in [0, 0.1) is 5.92 Å². The van der Waals surface area contributed by atoms with Crippen LogP contribution >= 0.6 is 0 Å². The molecule has 3 aromatic rings. The van der Waals surface area contributed by atoms with Gasteiger partial charge in [-0.2, -0.15) is 8.42 Å². The summed E-state index contributed by atoms with van der Waals surface area (Å²) in [5, 5.41) is 0. The van der Waals surface area contributed by atoms with Crippen molar-refractivity contribution in [3.63, 3.8) is 0 Å². The number of nitrogens with zero attached hydrogens (tertiary/aromatic N) is 1. The lowest BCUT2D eigenvalue weighted by Crippen LogP contribution is -2.65. The number of likely N-dealkylation sites (N-methyl/N-ethyl adjacent to an activating group) is 1. The fourth-order valence-corrected chi connectivity index (χ4v) is 8.03. The van der Waals surface area contributed by atoms with Gasteiger partial charge < -0.3 is 14.4 Å². The second-order valence-electron chi connectivity index (χ2n) is 12.0. The van der Waals surface area contributed by atoms with E-state index in [-0.39, 0.29) is 22.2 Å². The number of carbonyl (C=O) groups is 1. The van der Waals surface area contributed by atoms with E-state index in [0.29, 0.717) is 18.4 Å². The molecule has 2 fully saturated rings. The Morgan fingerprint density at radius 1 is 1.09 bits per heavy atom. The average Bonchev–Trinajstić information content (AvgIpc) is 3.38. The van der Waals surface area contributed by atoms with Crippen LogP contribution in [0.1, 0.15) is 47.1 Å². The zero-order chi connectivity index (χ0) is 31.2. The predicted molar refractivity (Wildman–Crippen MR) is 172 cm³/mol. The van der Waals surface area contributed by atoms with E-state index in [1.165, 1.54) is 23.3 Å². The lowest BCUT2D eigenvalue weighted by atomic mass is 9.52. The molecule has 0 amide bonds. The summed E-state index contributed by atoms with van der Waals surface area (Å²) in [5.41, 5.74) is 6.27. The molecule has 0 unspecified atom stereocenters. The third kappa shape index (κ3) is 5.11. The standard InChI is InChI=1S/C18H21NO3.C18H16O3S/c1-19-8-7-18-11-4-5-13(20)17(18)22-16-14(21-2)6-3-10(15(16)18)9-12(11)19;1-3-15-6-10-17(11-7-15)14(2)4-5-16-8-12-18(13-9-16)22(19,20)21/h3,6,11-12,17H,4-5,7-9H2,1-2H3;3-13H,1-2H2,(H,19,20,21)/b;5-4+/t11-,12+,17-,18-;/m0./s1. The number of piperidine rings is 1. The van der Waals surface area contributed by atoms with Gasteiger partial charge in [-0.25, -0.2) is 0 Å². The number of ether oxygens (including phenoxy) is 2. The second kappa shape index (κ2) is 11.5. The summed E-state index contributed by atoms with van der Waals surface area (Å²) in [6.45, 7) is 8.76. The Morgan fingerprint density at radius 2 is 1.80 bits per heavy atom. The van der Waals surface area contributed by atoms with Crippen molar-refractivity contribution < 1.29 is 27.2 Å². The van der Waals surface area contributed by atoms with E-state index in [1.54, 1.807) is 25.3 Å². The van der Waals surface area contributed by atoms with Gasteiger partial charge in [0.15, 0.2) is 23.4 Å². The van der Waals surface area contributed by atoms with Crippen molar-refractivity contribution in [2.24, 2.45) is 5.92 Å². The summed E-state index contributed by atoms with van der Waals surface area (Å²) in [7, 11) is -0.238. The molecule has 0 radical (unpaired) electrons. The third-order valence-corrected chi connectivity index (χ3v) is 10.6. The molecule has 4 atom stereocenters. The number of ketones is 1. The Kier molecular flexibility index (Phi) is 7.86. The topological polar surface area (TPSA) is 93.1 Å². The highest BCUT2D eigenvalue weighted by molar-refractivity contribution is 7.85. The number of Topliss-reactive ketones (excluding diaryl/α,β-unsaturated/α-hetero) is 1. The fourth-order valence-electron chi connectivity index (χ4n) is 7.55. The Balaban J connectivity index is 0.000000156. The highest BCUT2D eigenvalue weighted by atomic mass is 32.2. The van der Waals surface area contributed by atoms with Gasteiger partial charge in [-0.3, -0.25) is 9.35 Å². The Labute approximate surface area is 259 Å². The van der Waals surface area contributed by atoms with E-state index in [4.69, 9.17) is 14.0 Å². The first-order valence-corrected chi connectivity index (χ1v) is 16.3. The van der Waals surface area contributed by atoms with Gasteiger partial charge in [-0.05, 0) is 84.8 Å². The fraction of sp³-hybridized carbons (Fsp3) is 0.306. The quantitative estimate of drug-likeness (QED) is 0.261. The lowest BCUT2D eigenvalue weighted by Gasteiger charge is -2.57. The molecule has 1 N–H and O–H groups in total. The maximum atomic E-state index is 12.6. The van der Waals surface area contributed by atoms with E-state index in [2.05, 4.69) is 31.2 Å². The largest absolute Gasteiger partial charge is 0.493 e. The maximum Gasteiger partial charge on any atom is 0.294 e. The summed E-state index contributed by atoms with van der Waals surface area (Å²) in [5.74, 6) is 2.46. The first-order valence-electron chi connectivity index (χ1n) is 14.8. The Morgan fingerprint density at radius 3 is 2.45 bits per heavy atom. The van der Waals surface area contributed by atoms with Crippen molar-refractivity contribution >= 4 is 33.6 Å².